The Morgan fingerprint density at radius 2 is 0.808 bits per heavy atom. The zero-order chi connectivity index (χ0) is 53.0. The van der Waals surface area contributed by atoms with Crippen molar-refractivity contribution in [2.24, 2.45) is 0 Å². The number of benzene rings is 3. The van der Waals surface area contributed by atoms with Gasteiger partial charge in [0.25, 0.3) is 5.91 Å². The fraction of sp³-hybridized carbons (Fsp3) is 0.667. The summed E-state index contributed by atoms with van der Waals surface area (Å²) >= 11 is 0. The van der Waals surface area contributed by atoms with Crippen LogP contribution in [0.1, 0.15) is 138 Å². The molecule has 424 valence electrons. The lowest BCUT2D eigenvalue weighted by Crippen LogP contribution is -3.00. The molecular formula is C57H103Br3N6O5S2. The minimum atomic E-state index is -3.35. The van der Waals surface area contributed by atoms with Crippen LogP contribution in [0.15, 0.2) is 82.6 Å². The maximum atomic E-state index is 12.9. The molecule has 0 aliphatic carbocycles. The Kier molecular flexibility index (Phi) is 40.1. The van der Waals surface area contributed by atoms with Crippen molar-refractivity contribution >= 4 is 26.0 Å². The molecule has 0 heterocycles. The van der Waals surface area contributed by atoms with Gasteiger partial charge in [0.1, 0.15) is 0 Å². The molecule has 0 aliphatic heterocycles. The van der Waals surface area contributed by atoms with Crippen LogP contribution in [0, 0.1) is 20.8 Å². The third kappa shape index (κ3) is 31.3. The topological polar surface area (TPSA) is 95.1 Å². The van der Waals surface area contributed by atoms with E-state index in [1.54, 1.807) is 38.4 Å². The van der Waals surface area contributed by atoms with Crippen LogP contribution < -0.4 is 50.9 Å². The minimum Gasteiger partial charge on any atom is -1.00 e. The van der Waals surface area contributed by atoms with Crippen molar-refractivity contribution in [2.45, 2.75) is 142 Å². The van der Waals surface area contributed by atoms with Crippen molar-refractivity contribution in [2.75, 3.05) is 122 Å². The number of amides is 1. The number of quaternary nitrogens is 3. The van der Waals surface area contributed by atoms with Crippen LogP contribution in [0.5, 0.6) is 0 Å². The summed E-state index contributed by atoms with van der Waals surface area (Å²) in [5.74, 6) is 0.174. The van der Waals surface area contributed by atoms with Gasteiger partial charge in [-0.15, -0.1) is 0 Å². The van der Waals surface area contributed by atoms with Crippen LogP contribution in [0.2, 0.25) is 0 Å². The molecule has 0 saturated carbocycles. The Morgan fingerprint density at radius 1 is 0.452 bits per heavy atom. The molecule has 0 aromatic heterocycles. The number of unbranched alkanes of at least 4 members (excludes halogenated alkanes) is 8. The van der Waals surface area contributed by atoms with Gasteiger partial charge in [0.2, 0.25) is 20.0 Å². The highest BCUT2D eigenvalue weighted by Gasteiger charge is 2.24. The van der Waals surface area contributed by atoms with Gasteiger partial charge in [0.15, 0.2) is 0 Å². The summed E-state index contributed by atoms with van der Waals surface area (Å²) in [6, 6.07) is 22.0. The lowest BCUT2D eigenvalue weighted by molar-refractivity contribution is -0.910. The van der Waals surface area contributed by atoms with Gasteiger partial charge in [-0.1, -0.05) is 92.6 Å². The molecule has 11 nitrogen and oxygen atoms in total. The highest BCUT2D eigenvalue weighted by Crippen LogP contribution is 2.18. The predicted molar refractivity (Wildman–Crippen MR) is 297 cm³/mol. The second-order valence-corrected chi connectivity index (χ2v) is 25.8. The number of nitrogens with zero attached hydrogens (tertiary/aromatic N) is 6. The van der Waals surface area contributed by atoms with Crippen molar-refractivity contribution in [1.82, 2.24) is 13.5 Å². The molecule has 0 aliphatic rings. The molecule has 16 heteroatoms. The van der Waals surface area contributed by atoms with E-state index in [9.17, 15) is 21.6 Å². The third-order valence-corrected chi connectivity index (χ3v) is 17.3. The first-order valence-corrected chi connectivity index (χ1v) is 29.5. The zero-order valence-corrected chi connectivity index (χ0v) is 54.8. The average molecular weight is 1260 g/mol. The Balaban J connectivity index is -0.00000101. The van der Waals surface area contributed by atoms with Crippen LogP contribution in [0.25, 0.3) is 0 Å². The third-order valence-electron chi connectivity index (χ3n) is 13.5. The van der Waals surface area contributed by atoms with Gasteiger partial charge in [-0.05, 0) is 116 Å². The second-order valence-electron chi connectivity index (χ2n) is 21.7. The van der Waals surface area contributed by atoms with Gasteiger partial charge in [-0.3, -0.25) is 4.79 Å². The van der Waals surface area contributed by atoms with E-state index in [2.05, 4.69) is 76.9 Å². The Bertz CT molecular complexity index is 2090. The summed E-state index contributed by atoms with van der Waals surface area (Å²) in [4.78, 5) is 15.6. The van der Waals surface area contributed by atoms with Gasteiger partial charge in [0.05, 0.1) is 91.3 Å². The maximum absolute atomic E-state index is 12.9. The number of sulfonamides is 2. The minimum absolute atomic E-state index is 0. The van der Waals surface area contributed by atoms with Gasteiger partial charge in [-0.2, -0.15) is 0 Å². The molecule has 3 aromatic rings. The predicted octanol–water partition coefficient (Wildman–Crippen LogP) is 2.06. The van der Waals surface area contributed by atoms with E-state index < -0.39 is 20.0 Å². The van der Waals surface area contributed by atoms with E-state index in [-0.39, 0.29) is 56.9 Å². The molecule has 0 spiro atoms. The first-order chi connectivity index (χ1) is 32.8. The molecule has 3 aromatic carbocycles. The van der Waals surface area contributed by atoms with Crippen LogP contribution in [-0.4, -0.2) is 172 Å². The van der Waals surface area contributed by atoms with Gasteiger partial charge < -0.3 is 69.3 Å². The van der Waals surface area contributed by atoms with E-state index >= 15 is 0 Å². The second kappa shape index (κ2) is 38.8. The lowest BCUT2D eigenvalue weighted by atomic mass is 10.1. The van der Waals surface area contributed by atoms with Crippen molar-refractivity contribution < 1.29 is 86.0 Å². The first-order valence-electron chi connectivity index (χ1n) is 26.7. The van der Waals surface area contributed by atoms with Crippen molar-refractivity contribution in [3.63, 3.8) is 0 Å². The van der Waals surface area contributed by atoms with Gasteiger partial charge in [0, 0.05) is 58.7 Å². The highest BCUT2D eigenvalue weighted by atomic mass is 79.9. The van der Waals surface area contributed by atoms with E-state index in [1.165, 1.54) is 89.7 Å². The van der Waals surface area contributed by atoms with Crippen LogP contribution in [0.3, 0.4) is 0 Å². The SMILES string of the molecule is CCCCCC[N+](C)(CCCCCC)CCCN(CC)C(=O)c1ccc(C)cc1.CC[N+](C)(C)CCCCCN(C)S(=O)(=O)c1ccc(C)cc1.Cc1ccc(S(=O)(=O)N(C)CCC[N+](C)(C)C)cc1.[Br-].[Br-].[Br-]. The molecule has 0 atom stereocenters. The number of carbonyl (C=O) groups excluding carboxylic acids is 1. The standard InChI is InChI=1S/C26H47N2O.C17H31N2O2S.C14H25N2O2S.3BrH/c1-6-9-11-13-21-28(5,22-14-12-10-7-2)23-15-20-27(8-3)26(29)25-18-16-24(4)17-19-25;1-6-19(4,5)15-9-7-8-14-18(3)22(20,21)17-12-10-16(2)11-13-17;1-13-7-9-14(10-8-13)19(17,18)15(2)11-6-12-16(3,4)5;;;/h16-19H,6-15,20-23H2,1-5H3;10-13H,6-9,14-15H2,1-5H3;7-10H,6,11-12H2,1-5H3;3*1H/q3*+1;;;/p-3. The molecule has 73 heavy (non-hydrogen) atoms. The number of halogens is 3. The summed E-state index contributed by atoms with van der Waals surface area (Å²) in [6.07, 6.45) is 15.7. The molecule has 0 saturated heterocycles. The van der Waals surface area contributed by atoms with Gasteiger partial charge >= 0.3 is 0 Å². The maximum Gasteiger partial charge on any atom is 0.253 e. The molecule has 0 fully saturated rings. The molecule has 3 rings (SSSR count). The summed E-state index contributed by atoms with van der Waals surface area (Å²) < 4.78 is 55.5. The van der Waals surface area contributed by atoms with Crippen LogP contribution >= 0.6 is 0 Å². The Labute approximate surface area is 480 Å². The number of rotatable bonds is 31. The summed E-state index contributed by atoms with van der Waals surface area (Å²) in [5, 5.41) is 0. The van der Waals surface area contributed by atoms with E-state index in [4.69, 9.17) is 0 Å². The van der Waals surface area contributed by atoms with Crippen LogP contribution in [-0.2, 0) is 20.0 Å². The lowest BCUT2D eigenvalue weighted by Gasteiger charge is -2.36. The molecule has 0 N–H and O–H groups in total. The molecular weight excluding hydrogens is 1150 g/mol. The van der Waals surface area contributed by atoms with E-state index in [0.717, 1.165) is 90.5 Å². The van der Waals surface area contributed by atoms with Crippen molar-refractivity contribution in [3.05, 3.63) is 95.1 Å². The number of hydrogen-bond donors (Lipinski definition) is 0. The monoisotopic (exact) mass is 1250 g/mol. The molecule has 0 bridgehead atoms. The summed E-state index contributed by atoms with van der Waals surface area (Å²) in [7, 11) is 9.84. The van der Waals surface area contributed by atoms with E-state index in [0.29, 0.717) is 22.9 Å². The molecule has 0 unspecified atom stereocenters. The average Bonchev–Trinajstić information content (AvgIpc) is 3.31. The van der Waals surface area contributed by atoms with Crippen LogP contribution in [0.4, 0.5) is 0 Å². The number of hydrogen-bond acceptors (Lipinski definition) is 5. The fourth-order valence-corrected chi connectivity index (χ4v) is 10.5. The van der Waals surface area contributed by atoms with E-state index in [1.807, 2.05) is 67.3 Å². The number of carbonyl (C=O) groups is 1. The molecule has 0 radical (unpaired) electrons. The summed E-state index contributed by atoms with van der Waals surface area (Å²) in [5.41, 5.74) is 4.14. The number of aryl methyl sites for hydroxylation is 3. The quantitative estimate of drug-likeness (QED) is 0.0728. The smallest absolute Gasteiger partial charge is 0.253 e. The Morgan fingerprint density at radius 3 is 1.19 bits per heavy atom. The first kappa shape index (κ1) is 75.5. The normalized spacial score (nSPS) is 11.8. The zero-order valence-electron chi connectivity index (χ0n) is 48.4. The Hall–Kier alpha value is -1.73. The largest absolute Gasteiger partial charge is 1.00 e. The summed E-state index contributed by atoms with van der Waals surface area (Å²) in [6.45, 7) is 24.5. The molecule has 1 amide bonds. The van der Waals surface area contributed by atoms with Crippen molar-refractivity contribution in [3.8, 4) is 0 Å². The van der Waals surface area contributed by atoms with Crippen molar-refractivity contribution in [1.29, 1.82) is 0 Å². The van der Waals surface area contributed by atoms with Gasteiger partial charge in [-0.25, -0.2) is 25.4 Å². The highest BCUT2D eigenvalue weighted by molar-refractivity contribution is 7.89. The fourth-order valence-electron chi connectivity index (χ4n) is 8.10.